The maximum Gasteiger partial charge on any atom is 0.238 e. The van der Waals surface area contributed by atoms with E-state index in [-0.39, 0.29) is 4.90 Å². The summed E-state index contributed by atoms with van der Waals surface area (Å²) in [5.74, 6) is 0.336. The van der Waals surface area contributed by atoms with Gasteiger partial charge in [0.2, 0.25) is 10.0 Å². The van der Waals surface area contributed by atoms with Crippen LogP contribution in [0.2, 0.25) is 0 Å². The Hall–Kier alpha value is -2.52. The van der Waals surface area contributed by atoms with E-state index in [4.69, 9.17) is 10.9 Å². The van der Waals surface area contributed by atoms with E-state index in [2.05, 4.69) is 15.1 Å². The van der Waals surface area contributed by atoms with Gasteiger partial charge in [-0.1, -0.05) is 0 Å². The zero-order valence-corrected chi connectivity index (χ0v) is 10.9. The predicted octanol–water partition coefficient (Wildman–Crippen LogP) is 0.0451. The average molecular weight is 290 g/mol. The van der Waals surface area contributed by atoms with E-state index in [1.807, 2.05) is 0 Å². The fraction of sp³-hybridized carbons (Fsp3) is 0. The van der Waals surface area contributed by atoms with Crippen LogP contribution in [0.15, 0.2) is 41.7 Å². The van der Waals surface area contributed by atoms with Gasteiger partial charge >= 0.3 is 0 Å². The van der Waals surface area contributed by atoms with Crippen LogP contribution in [0.4, 0.5) is 5.82 Å². The number of nitrogens with two attached hydrogens (primary N) is 2. The Morgan fingerprint density at radius 2 is 1.80 bits per heavy atom. The lowest BCUT2D eigenvalue weighted by Crippen LogP contribution is -2.12. The molecule has 0 atom stereocenters. The molecule has 4 N–H and O–H groups in total. The number of rotatable bonds is 2. The second kappa shape index (κ2) is 4.25. The lowest BCUT2D eigenvalue weighted by atomic mass is 10.3. The van der Waals surface area contributed by atoms with Crippen molar-refractivity contribution in [3.8, 4) is 5.69 Å². The lowest BCUT2D eigenvalue weighted by Gasteiger charge is -2.04. The van der Waals surface area contributed by atoms with Gasteiger partial charge in [-0.2, -0.15) is 5.10 Å². The second-order valence-corrected chi connectivity index (χ2v) is 5.65. The van der Waals surface area contributed by atoms with Gasteiger partial charge in [-0.25, -0.2) is 28.2 Å². The molecule has 0 bridgehead atoms. The Bertz CT molecular complexity index is 885. The van der Waals surface area contributed by atoms with Crippen LogP contribution < -0.4 is 10.9 Å². The van der Waals surface area contributed by atoms with Gasteiger partial charge in [0.15, 0.2) is 5.65 Å². The SMILES string of the molecule is Nc1ncnc2c1cnn2-c1ccc(S(N)(=O)=O)cc1. The van der Waals surface area contributed by atoms with Crippen LogP contribution >= 0.6 is 0 Å². The fourth-order valence-corrected chi connectivity index (χ4v) is 2.34. The highest BCUT2D eigenvalue weighted by atomic mass is 32.2. The molecule has 3 aromatic rings. The van der Waals surface area contributed by atoms with Crippen LogP contribution in [-0.4, -0.2) is 28.2 Å². The lowest BCUT2D eigenvalue weighted by molar-refractivity contribution is 0.598. The number of aromatic nitrogens is 4. The summed E-state index contributed by atoms with van der Waals surface area (Å²) in [6, 6.07) is 5.99. The molecule has 0 amide bonds. The number of hydrogen-bond donors (Lipinski definition) is 2. The highest BCUT2D eigenvalue weighted by molar-refractivity contribution is 7.89. The topological polar surface area (TPSA) is 130 Å². The summed E-state index contributed by atoms with van der Waals surface area (Å²) in [4.78, 5) is 8.03. The molecule has 0 unspecified atom stereocenters. The largest absolute Gasteiger partial charge is 0.383 e. The standard InChI is InChI=1S/C11H10N6O2S/c12-10-9-5-16-17(11(9)15-6-14-10)7-1-3-8(4-2-7)20(13,18)19/h1-6H,(H2,12,14,15)(H2,13,18,19). The zero-order valence-electron chi connectivity index (χ0n) is 10.1. The number of primary sulfonamides is 1. The van der Waals surface area contributed by atoms with E-state index >= 15 is 0 Å². The first kappa shape index (κ1) is 12.5. The molecule has 8 nitrogen and oxygen atoms in total. The summed E-state index contributed by atoms with van der Waals surface area (Å²) in [6.07, 6.45) is 2.90. The Kier molecular flexibility index (Phi) is 2.66. The van der Waals surface area contributed by atoms with Crippen molar-refractivity contribution in [3.63, 3.8) is 0 Å². The van der Waals surface area contributed by atoms with Crippen LogP contribution in [0.5, 0.6) is 0 Å². The number of anilines is 1. The van der Waals surface area contributed by atoms with Crippen molar-refractivity contribution in [3.05, 3.63) is 36.8 Å². The van der Waals surface area contributed by atoms with Crippen molar-refractivity contribution in [1.29, 1.82) is 0 Å². The molecule has 9 heteroatoms. The molecule has 0 aliphatic carbocycles. The Morgan fingerprint density at radius 3 is 2.45 bits per heavy atom. The van der Waals surface area contributed by atoms with Crippen LogP contribution in [-0.2, 0) is 10.0 Å². The highest BCUT2D eigenvalue weighted by Crippen LogP contribution is 2.20. The Morgan fingerprint density at radius 1 is 1.10 bits per heavy atom. The van der Waals surface area contributed by atoms with Gasteiger partial charge in [0.05, 0.1) is 22.2 Å². The molecule has 0 saturated carbocycles. The molecule has 102 valence electrons. The molecule has 0 aliphatic heterocycles. The Balaban J connectivity index is 2.14. The van der Waals surface area contributed by atoms with Gasteiger partial charge in [0, 0.05) is 0 Å². The van der Waals surface area contributed by atoms with Gasteiger partial charge in [-0.3, -0.25) is 0 Å². The molecule has 20 heavy (non-hydrogen) atoms. The van der Waals surface area contributed by atoms with Crippen molar-refractivity contribution < 1.29 is 8.42 Å². The predicted molar refractivity (Wildman–Crippen MR) is 72.4 cm³/mol. The minimum atomic E-state index is -3.71. The molecule has 2 heterocycles. The van der Waals surface area contributed by atoms with E-state index in [1.165, 1.54) is 18.5 Å². The molecular weight excluding hydrogens is 280 g/mol. The molecule has 3 rings (SSSR count). The molecule has 2 aromatic heterocycles. The number of fused-ring (bicyclic) bond motifs is 1. The minimum absolute atomic E-state index is 0.0341. The zero-order chi connectivity index (χ0) is 14.3. The smallest absolute Gasteiger partial charge is 0.238 e. The summed E-state index contributed by atoms with van der Waals surface area (Å²) in [6.45, 7) is 0. The summed E-state index contributed by atoms with van der Waals surface area (Å²) in [5.41, 5.74) is 6.91. The fourth-order valence-electron chi connectivity index (χ4n) is 1.83. The average Bonchev–Trinajstić information content (AvgIpc) is 2.83. The molecule has 0 saturated heterocycles. The Labute approximate surface area is 114 Å². The molecule has 0 fully saturated rings. The number of nitrogens with zero attached hydrogens (tertiary/aromatic N) is 4. The third-order valence-electron chi connectivity index (χ3n) is 2.81. The van der Waals surface area contributed by atoms with E-state index in [0.29, 0.717) is 22.5 Å². The maximum absolute atomic E-state index is 11.2. The number of nitrogen functional groups attached to an aromatic ring is 1. The number of hydrogen-bond acceptors (Lipinski definition) is 6. The first-order chi connectivity index (χ1) is 9.47. The van der Waals surface area contributed by atoms with Crippen molar-refractivity contribution in [2.24, 2.45) is 5.14 Å². The van der Waals surface area contributed by atoms with E-state index in [9.17, 15) is 8.42 Å². The summed E-state index contributed by atoms with van der Waals surface area (Å²) in [5, 5.41) is 9.85. The van der Waals surface area contributed by atoms with Crippen molar-refractivity contribution in [2.45, 2.75) is 4.90 Å². The third kappa shape index (κ3) is 1.98. The molecule has 1 aromatic carbocycles. The third-order valence-corrected chi connectivity index (χ3v) is 3.74. The van der Waals surface area contributed by atoms with Crippen molar-refractivity contribution in [1.82, 2.24) is 19.7 Å². The summed E-state index contributed by atoms with van der Waals surface area (Å²) >= 11 is 0. The van der Waals surface area contributed by atoms with Crippen molar-refractivity contribution >= 4 is 26.9 Å². The first-order valence-electron chi connectivity index (χ1n) is 5.54. The van der Waals surface area contributed by atoms with Crippen LogP contribution in [0.1, 0.15) is 0 Å². The molecular formula is C11H10N6O2S. The second-order valence-electron chi connectivity index (χ2n) is 4.09. The van der Waals surface area contributed by atoms with Gasteiger partial charge in [-0.15, -0.1) is 0 Å². The number of benzene rings is 1. The maximum atomic E-state index is 11.2. The van der Waals surface area contributed by atoms with Gasteiger partial charge in [0.25, 0.3) is 0 Å². The monoisotopic (exact) mass is 290 g/mol. The van der Waals surface area contributed by atoms with Crippen LogP contribution in [0, 0.1) is 0 Å². The minimum Gasteiger partial charge on any atom is -0.383 e. The number of sulfonamides is 1. The van der Waals surface area contributed by atoms with Crippen molar-refractivity contribution in [2.75, 3.05) is 5.73 Å². The van der Waals surface area contributed by atoms with Crippen LogP contribution in [0.3, 0.4) is 0 Å². The first-order valence-corrected chi connectivity index (χ1v) is 7.09. The van der Waals surface area contributed by atoms with Gasteiger partial charge < -0.3 is 5.73 Å². The van der Waals surface area contributed by atoms with Crippen LogP contribution in [0.25, 0.3) is 16.7 Å². The highest BCUT2D eigenvalue weighted by Gasteiger charge is 2.11. The summed E-state index contributed by atoms with van der Waals surface area (Å²) in [7, 11) is -3.71. The summed E-state index contributed by atoms with van der Waals surface area (Å²) < 4.78 is 24.0. The molecule has 0 spiro atoms. The van der Waals surface area contributed by atoms with Gasteiger partial charge in [0.1, 0.15) is 12.1 Å². The van der Waals surface area contributed by atoms with E-state index < -0.39 is 10.0 Å². The van der Waals surface area contributed by atoms with Gasteiger partial charge in [-0.05, 0) is 24.3 Å². The molecule has 0 radical (unpaired) electrons. The quantitative estimate of drug-likeness (QED) is 0.685. The molecule has 0 aliphatic rings. The van der Waals surface area contributed by atoms with E-state index in [0.717, 1.165) is 0 Å². The van der Waals surface area contributed by atoms with E-state index in [1.54, 1.807) is 23.0 Å². The normalized spacial score (nSPS) is 11.8.